The summed E-state index contributed by atoms with van der Waals surface area (Å²) in [7, 11) is 0. The molecule has 3 nitrogen and oxygen atoms in total. The van der Waals surface area contributed by atoms with Gasteiger partial charge in [0, 0.05) is 12.8 Å². The Bertz CT molecular complexity index is 686. The van der Waals surface area contributed by atoms with Crippen LogP contribution in [0.2, 0.25) is 0 Å². The Morgan fingerprint density at radius 1 is 1.38 bits per heavy atom. The van der Waals surface area contributed by atoms with Gasteiger partial charge in [0.1, 0.15) is 17.4 Å². The van der Waals surface area contributed by atoms with E-state index in [0.717, 1.165) is 39.7 Å². The van der Waals surface area contributed by atoms with Gasteiger partial charge in [-0.1, -0.05) is 12.1 Å². The molecule has 0 aliphatic heterocycles. The summed E-state index contributed by atoms with van der Waals surface area (Å²) in [6.45, 7) is 6.18. The minimum Gasteiger partial charge on any atom is -0.486 e. The summed E-state index contributed by atoms with van der Waals surface area (Å²) in [6.07, 6.45) is 2.31. The zero-order valence-corrected chi connectivity index (χ0v) is 13.4. The summed E-state index contributed by atoms with van der Waals surface area (Å²) < 4.78 is 5.89. The predicted octanol–water partition coefficient (Wildman–Crippen LogP) is 4.42. The maximum absolute atomic E-state index is 11.7. The molecule has 0 unspecified atom stereocenters. The zero-order chi connectivity index (χ0) is 15.0. The van der Waals surface area contributed by atoms with Crippen LogP contribution in [0.4, 0.5) is 0 Å². The van der Waals surface area contributed by atoms with E-state index in [2.05, 4.69) is 24.9 Å². The van der Waals surface area contributed by atoms with Crippen molar-refractivity contribution in [1.82, 2.24) is 4.98 Å². The molecule has 2 aromatic rings. The molecule has 110 valence electrons. The lowest BCUT2D eigenvalue weighted by Crippen LogP contribution is -1.98. The highest BCUT2D eigenvalue weighted by Crippen LogP contribution is 2.42. The summed E-state index contributed by atoms with van der Waals surface area (Å²) in [5.41, 5.74) is 3.37. The molecule has 0 spiro atoms. The molecule has 4 heteroatoms. The van der Waals surface area contributed by atoms with Crippen molar-refractivity contribution in [3.05, 3.63) is 44.9 Å². The Balaban J connectivity index is 1.77. The first-order valence-electron chi connectivity index (χ1n) is 7.26. The van der Waals surface area contributed by atoms with E-state index in [0.29, 0.717) is 12.5 Å². The third-order valence-electron chi connectivity index (χ3n) is 3.89. The molecule has 1 saturated carbocycles. The molecule has 0 radical (unpaired) electrons. The summed E-state index contributed by atoms with van der Waals surface area (Å²) in [5.74, 6) is 1.50. The second-order valence-corrected chi connectivity index (χ2v) is 6.72. The van der Waals surface area contributed by atoms with E-state index in [9.17, 15) is 4.79 Å². The van der Waals surface area contributed by atoms with Crippen LogP contribution in [0, 0.1) is 13.8 Å². The maximum atomic E-state index is 11.7. The van der Waals surface area contributed by atoms with Crippen molar-refractivity contribution in [1.29, 1.82) is 0 Å². The fraction of sp³-hybridized carbons (Fsp3) is 0.412. The van der Waals surface area contributed by atoms with Crippen LogP contribution in [0.3, 0.4) is 0 Å². The van der Waals surface area contributed by atoms with Gasteiger partial charge in [0.15, 0.2) is 5.78 Å². The average molecular weight is 301 g/mol. The molecular formula is C17H19NO2S. The quantitative estimate of drug-likeness (QED) is 0.767. The van der Waals surface area contributed by atoms with Crippen LogP contribution in [0.25, 0.3) is 0 Å². The minimum absolute atomic E-state index is 0.118. The van der Waals surface area contributed by atoms with E-state index in [-0.39, 0.29) is 5.78 Å². The zero-order valence-electron chi connectivity index (χ0n) is 12.6. The number of aromatic nitrogens is 1. The van der Waals surface area contributed by atoms with Crippen molar-refractivity contribution in [2.75, 3.05) is 0 Å². The van der Waals surface area contributed by atoms with E-state index in [1.807, 2.05) is 12.1 Å². The smallest absolute Gasteiger partial charge is 0.171 e. The fourth-order valence-corrected chi connectivity index (χ4v) is 3.30. The lowest BCUT2D eigenvalue weighted by Gasteiger charge is -2.09. The summed E-state index contributed by atoms with van der Waals surface area (Å²) in [6, 6.07) is 6.05. The normalized spacial score (nSPS) is 14.2. The van der Waals surface area contributed by atoms with Crippen LogP contribution in [0.1, 0.15) is 57.2 Å². The molecule has 21 heavy (non-hydrogen) atoms. The molecule has 1 aromatic heterocycles. The topological polar surface area (TPSA) is 39.2 Å². The van der Waals surface area contributed by atoms with Crippen molar-refractivity contribution in [2.45, 2.75) is 46.1 Å². The van der Waals surface area contributed by atoms with Crippen molar-refractivity contribution >= 4 is 17.1 Å². The standard InChI is InChI=1S/C17H19NO2S/c1-10-5-4-6-14(11(10)2)20-9-15-18-16(13-7-8-13)17(21-15)12(3)19/h4-6,13H,7-9H2,1-3H3. The first-order chi connectivity index (χ1) is 10.1. The predicted molar refractivity (Wildman–Crippen MR) is 84.3 cm³/mol. The number of hydrogen-bond donors (Lipinski definition) is 0. The Labute approximate surface area is 129 Å². The number of aryl methyl sites for hydroxylation is 1. The molecule has 0 N–H and O–H groups in total. The molecule has 0 bridgehead atoms. The fourth-order valence-electron chi connectivity index (χ4n) is 2.35. The van der Waals surface area contributed by atoms with Gasteiger partial charge < -0.3 is 4.74 Å². The van der Waals surface area contributed by atoms with E-state index >= 15 is 0 Å². The maximum Gasteiger partial charge on any atom is 0.171 e. The molecule has 1 aromatic carbocycles. The minimum atomic E-state index is 0.118. The number of benzene rings is 1. The van der Waals surface area contributed by atoms with Crippen LogP contribution < -0.4 is 4.74 Å². The van der Waals surface area contributed by atoms with Gasteiger partial charge in [0.2, 0.25) is 0 Å². The van der Waals surface area contributed by atoms with E-state index in [1.165, 1.54) is 16.9 Å². The van der Waals surface area contributed by atoms with Crippen molar-refractivity contribution in [3.8, 4) is 5.75 Å². The first kappa shape index (κ1) is 14.3. The van der Waals surface area contributed by atoms with Gasteiger partial charge >= 0.3 is 0 Å². The Hall–Kier alpha value is -1.68. The van der Waals surface area contributed by atoms with E-state index in [1.54, 1.807) is 6.92 Å². The second kappa shape index (κ2) is 5.60. The molecule has 1 aliphatic carbocycles. The van der Waals surface area contributed by atoms with Crippen LogP contribution in [-0.2, 0) is 6.61 Å². The Morgan fingerprint density at radius 3 is 2.81 bits per heavy atom. The molecular weight excluding hydrogens is 282 g/mol. The average Bonchev–Trinajstić information content (AvgIpc) is 3.20. The third kappa shape index (κ3) is 3.00. The number of ketones is 1. The number of carbonyl (C=O) groups is 1. The summed E-state index contributed by atoms with van der Waals surface area (Å²) in [4.78, 5) is 17.2. The molecule has 1 fully saturated rings. The largest absolute Gasteiger partial charge is 0.486 e. The highest BCUT2D eigenvalue weighted by atomic mass is 32.1. The molecule has 3 rings (SSSR count). The number of carbonyl (C=O) groups excluding carboxylic acids is 1. The van der Waals surface area contributed by atoms with Crippen molar-refractivity contribution in [3.63, 3.8) is 0 Å². The van der Waals surface area contributed by atoms with Gasteiger partial charge in [0.25, 0.3) is 0 Å². The van der Waals surface area contributed by atoms with E-state index < -0.39 is 0 Å². The van der Waals surface area contributed by atoms with Gasteiger partial charge in [-0.2, -0.15) is 0 Å². The highest BCUT2D eigenvalue weighted by molar-refractivity contribution is 7.13. The monoisotopic (exact) mass is 301 g/mol. The van der Waals surface area contributed by atoms with Crippen LogP contribution in [0.15, 0.2) is 18.2 Å². The van der Waals surface area contributed by atoms with Crippen LogP contribution in [-0.4, -0.2) is 10.8 Å². The van der Waals surface area contributed by atoms with E-state index in [4.69, 9.17) is 4.74 Å². The molecule has 1 aliphatic rings. The summed E-state index contributed by atoms with van der Waals surface area (Å²) in [5, 5.41) is 0.892. The number of thiazole rings is 1. The number of rotatable bonds is 5. The first-order valence-corrected chi connectivity index (χ1v) is 8.07. The number of Topliss-reactive ketones (excluding diaryl/α,β-unsaturated/α-hetero) is 1. The molecule has 0 amide bonds. The highest BCUT2D eigenvalue weighted by Gasteiger charge is 2.31. The molecule has 0 atom stereocenters. The number of ether oxygens (including phenoxy) is 1. The second-order valence-electron chi connectivity index (χ2n) is 5.64. The van der Waals surface area contributed by atoms with Crippen molar-refractivity contribution in [2.24, 2.45) is 0 Å². The van der Waals surface area contributed by atoms with Gasteiger partial charge in [-0.15, -0.1) is 11.3 Å². The van der Waals surface area contributed by atoms with Gasteiger partial charge in [-0.05, 0) is 43.9 Å². The SMILES string of the molecule is CC(=O)c1sc(COc2cccc(C)c2C)nc1C1CC1. The summed E-state index contributed by atoms with van der Waals surface area (Å²) >= 11 is 1.48. The lowest BCUT2D eigenvalue weighted by molar-refractivity contribution is 0.102. The van der Waals surface area contributed by atoms with Crippen molar-refractivity contribution < 1.29 is 9.53 Å². The number of nitrogens with zero attached hydrogens (tertiary/aromatic N) is 1. The Morgan fingerprint density at radius 2 is 2.14 bits per heavy atom. The molecule has 0 saturated heterocycles. The van der Waals surface area contributed by atoms with Gasteiger partial charge in [-0.25, -0.2) is 4.98 Å². The van der Waals surface area contributed by atoms with Crippen LogP contribution >= 0.6 is 11.3 Å². The van der Waals surface area contributed by atoms with Crippen LogP contribution in [0.5, 0.6) is 5.75 Å². The molecule has 1 heterocycles. The number of hydrogen-bond acceptors (Lipinski definition) is 4. The lowest BCUT2D eigenvalue weighted by atomic mass is 10.1. The van der Waals surface area contributed by atoms with Gasteiger partial charge in [-0.3, -0.25) is 4.79 Å². The Kier molecular flexibility index (Phi) is 3.81. The van der Waals surface area contributed by atoms with Gasteiger partial charge in [0.05, 0.1) is 10.6 Å². The third-order valence-corrected chi connectivity index (χ3v) is 5.03.